The minimum Gasteiger partial charge on any atom is -0.395 e. The third-order valence-electron chi connectivity index (χ3n) is 3.49. The quantitative estimate of drug-likeness (QED) is 0.790. The molecule has 2 nitrogen and oxygen atoms in total. The molecule has 94 valence electrons. The molecule has 1 aromatic rings. The summed E-state index contributed by atoms with van der Waals surface area (Å²) >= 11 is 1.71. The van der Waals surface area contributed by atoms with Crippen molar-refractivity contribution in [2.24, 2.45) is 5.73 Å². The van der Waals surface area contributed by atoms with Gasteiger partial charge in [0.25, 0.3) is 0 Å². The van der Waals surface area contributed by atoms with Crippen LogP contribution in [0.1, 0.15) is 30.9 Å². The molecule has 0 saturated heterocycles. The van der Waals surface area contributed by atoms with Crippen molar-refractivity contribution >= 4 is 11.8 Å². The average Bonchev–Trinajstić information content (AvgIpc) is 2.82. The molecule has 3 heteroatoms. The van der Waals surface area contributed by atoms with Crippen molar-refractivity contribution in [3.05, 3.63) is 29.3 Å². The van der Waals surface area contributed by atoms with E-state index in [-0.39, 0.29) is 17.9 Å². The second-order valence-corrected chi connectivity index (χ2v) is 6.01. The van der Waals surface area contributed by atoms with Crippen LogP contribution >= 0.6 is 11.8 Å². The first kappa shape index (κ1) is 12.9. The molecule has 2 unspecified atom stereocenters. The number of aliphatic hydroxyl groups is 1. The Morgan fingerprint density at radius 1 is 1.35 bits per heavy atom. The molecule has 17 heavy (non-hydrogen) atoms. The molecule has 0 bridgehead atoms. The van der Waals surface area contributed by atoms with E-state index < -0.39 is 0 Å². The highest BCUT2D eigenvalue weighted by atomic mass is 32.2. The molecule has 1 aromatic carbocycles. The van der Waals surface area contributed by atoms with Gasteiger partial charge in [-0.2, -0.15) is 0 Å². The van der Waals surface area contributed by atoms with Crippen LogP contribution in [0, 0.1) is 0 Å². The lowest BCUT2D eigenvalue weighted by molar-refractivity contribution is 0.281. The maximum Gasteiger partial charge on any atom is 0.0568 e. The maximum atomic E-state index is 9.38. The van der Waals surface area contributed by atoms with E-state index in [2.05, 4.69) is 25.1 Å². The summed E-state index contributed by atoms with van der Waals surface area (Å²) in [4.78, 5) is 1.24. The normalized spacial score (nSPS) is 17.8. The Kier molecular flexibility index (Phi) is 4.48. The smallest absolute Gasteiger partial charge is 0.0568 e. The third kappa shape index (κ3) is 3.03. The van der Waals surface area contributed by atoms with Gasteiger partial charge in [0.05, 0.1) is 6.61 Å². The van der Waals surface area contributed by atoms with Crippen molar-refractivity contribution in [2.75, 3.05) is 6.61 Å². The van der Waals surface area contributed by atoms with Crippen molar-refractivity contribution in [3.63, 3.8) is 0 Å². The molecular formula is C14H21NOS. The van der Waals surface area contributed by atoms with E-state index in [1.54, 1.807) is 11.8 Å². The molecule has 0 saturated carbocycles. The summed E-state index contributed by atoms with van der Waals surface area (Å²) in [5.74, 6) is 0. The summed E-state index contributed by atoms with van der Waals surface area (Å²) in [5.41, 5.74) is 8.99. The van der Waals surface area contributed by atoms with Crippen molar-refractivity contribution < 1.29 is 5.11 Å². The van der Waals surface area contributed by atoms with Gasteiger partial charge >= 0.3 is 0 Å². The van der Waals surface area contributed by atoms with Crippen LogP contribution in [0.5, 0.6) is 0 Å². The number of benzene rings is 1. The largest absolute Gasteiger partial charge is 0.395 e. The summed E-state index contributed by atoms with van der Waals surface area (Å²) in [7, 11) is 0. The molecule has 0 aliphatic heterocycles. The minimum absolute atomic E-state index is 0.0678. The lowest BCUT2D eigenvalue weighted by Gasteiger charge is -2.20. The second-order valence-electron chi connectivity index (χ2n) is 4.70. The maximum absolute atomic E-state index is 9.38. The van der Waals surface area contributed by atoms with E-state index in [1.807, 2.05) is 0 Å². The predicted molar refractivity (Wildman–Crippen MR) is 73.5 cm³/mol. The third-order valence-corrected chi connectivity index (χ3v) is 4.81. The van der Waals surface area contributed by atoms with Gasteiger partial charge in [0.15, 0.2) is 0 Å². The monoisotopic (exact) mass is 251 g/mol. The molecule has 0 heterocycles. The first-order valence-corrected chi connectivity index (χ1v) is 7.27. The van der Waals surface area contributed by atoms with E-state index in [0.29, 0.717) is 0 Å². The number of thioether (sulfide) groups is 1. The molecule has 0 aromatic heterocycles. The van der Waals surface area contributed by atoms with Gasteiger partial charge < -0.3 is 10.8 Å². The van der Waals surface area contributed by atoms with E-state index >= 15 is 0 Å². The minimum atomic E-state index is 0.0678. The van der Waals surface area contributed by atoms with Crippen molar-refractivity contribution in [1.29, 1.82) is 0 Å². The van der Waals surface area contributed by atoms with Crippen LogP contribution in [0.25, 0.3) is 0 Å². The highest BCUT2D eigenvalue weighted by Crippen LogP contribution is 2.30. The number of nitrogens with two attached hydrogens (primary N) is 1. The Balaban J connectivity index is 2.07. The van der Waals surface area contributed by atoms with Gasteiger partial charge in [-0.3, -0.25) is 0 Å². The standard InChI is InChI=1S/C14H21NOS/c1-2-13(15)14(9-16)17-12-7-6-10-4-3-5-11(10)8-12/h6-8,13-14,16H,2-5,9,15H2,1H3. The fourth-order valence-corrected chi connectivity index (χ4v) is 3.47. The SMILES string of the molecule is CCC(N)C(CO)Sc1ccc2c(c1)CCC2. The van der Waals surface area contributed by atoms with Crippen LogP contribution in [0.4, 0.5) is 0 Å². The molecule has 1 aliphatic carbocycles. The van der Waals surface area contributed by atoms with Crippen molar-refractivity contribution in [1.82, 2.24) is 0 Å². The second kappa shape index (κ2) is 5.89. The highest BCUT2D eigenvalue weighted by Gasteiger charge is 2.18. The van der Waals surface area contributed by atoms with Crippen molar-refractivity contribution in [2.45, 2.75) is 48.8 Å². The first-order valence-electron chi connectivity index (χ1n) is 6.39. The van der Waals surface area contributed by atoms with Gasteiger partial charge in [-0.25, -0.2) is 0 Å². The zero-order valence-corrected chi connectivity index (χ0v) is 11.2. The van der Waals surface area contributed by atoms with Crippen LogP contribution in [0.2, 0.25) is 0 Å². The predicted octanol–water partition coefficient (Wildman–Crippen LogP) is 2.37. The Labute approximate surface area is 108 Å². The Morgan fingerprint density at radius 3 is 2.82 bits per heavy atom. The number of aryl methyl sites for hydroxylation is 2. The first-order chi connectivity index (χ1) is 8.24. The van der Waals surface area contributed by atoms with Gasteiger partial charge in [0, 0.05) is 16.2 Å². The molecule has 2 rings (SSSR count). The van der Waals surface area contributed by atoms with Crippen LogP contribution in [-0.4, -0.2) is 23.0 Å². The van der Waals surface area contributed by atoms with Crippen LogP contribution in [-0.2, 0) is 12.8 Å². The van der Waals surface area contributed by atoms with E-state index in [0.717, 1.165) is 6.42 Å². The average molecular weight is 251 g/mol. The lowest BCUT2D eigenvalue weighted by atomic mass is 10.1. The van der Waals surface area contributed by atoms with E-state index in [9.17, 15) is 5.11 Å². The Morgan fingerprint density at radius 2 is 2.12 bits per heavy atom. The number of hydrogen-bond acceptors (Lipinski definition) is 3. The van der Waals surface area contributed by atoms with Crippen LogP contribution < -0.4 is 5.73 Å². The lowest BCUT2D eigenvalue weighted by Crippen LogP contribution is -2.34. The number of fused-ring (bicyclic) bond motifs is 1. The molecule has 2 atom stereocenters. The Hall–Kier alpha value is -0.510. The topological polar surface area (TPSA) is 46.2 Å². The van der Waals surface area contributed by atoms with E-state index in [4.69, 9.17) is 5.73 Å². The van der Waals surface area contributed by atoms with Crippen LogP contribution in [0.15, 0.2) is 23.1 Å². The fourth-order valence-electron chi connectivity index (χ4n) is 2.32. The molecule has 3 N–H and O–H groups in total. The van der Waals surface area contributed by atoms with Gasteiger partial charge in [-0.05, 0) is 48.9 Å². The summed E-state index contributed by atoms with van der Waals surface area (Å²) in [6, 6.07) is 6.74. The van der Waals surface area contributed by atoms with Gasteiger partial charge in [-0.15, -0.1) is 11.8 Å². The van der Waals surface area contributed by atoms with Crippen LogP contribution in [0.3, 0.4) is 0 Å². The zero-order valence-electron chi connectivity index (χ0n) is 10.4. The number of aliphatic hydroxyl groups excluding tert-OH is 1. The number of hydrogen-bond donors (Lipinski definition) is 2. The van der Waals surface area contributed by atoms with Gasteiger partial charge in [0.2, 0.25) is 0 Å². The summed E-state index contributed by atoms with van der Waals surface area (Å²) in [6.07, 6.45) is 4.61. The van der Waals surface area contributed by atoms with Gasteiger partial charge in [0.1, 0.15) is 0 Å². The molecule has 0 fully saturated rings. The molecule has 0 radical (unpaired) electrons. The molecular weight excluding hydrogens is 230 g/mol. The zero-order chi connectivity index (χ0) is 12.3. The fraction of sp³-hybridized carbons (Fsp3) is 0.571. The molecule has 1 aliphatic rings. The van der Waals surface area contributed by atoms with Crippen molar-refractivity contribution in [3.8, 4) is 0 Å². The summed E-state index contributed by atoms with van der Waals surface area (Å²) < 4.78 is 0. The van der Waals surface area contributed by atoms with Gasteiger partial charge in [-0.1, -0.05) is 13.0 Å². The summed E-state index contributed by atoms with van der Waals surface area (Å²) in [6.45, 7) is 2.22. The highest BCUT2D eigenvalue weighted by molar-refractivity contribution is 8.00. The van der Waals surface area contributed by atoms with E-state index in [1.165, 1.54) is 35.3 Å². The summed E-state index contributed by atoms with van der Waals surface area (Å²) in [5, 5.41) is 9.49. The number of rotatable bonds is 5. The molecule has 0 spiro atoms. The Bertz CT molecular complexity index is 380. The molecule has 0 amide bonds.